The summed E-state index contributed by atoms with van der Waals surface area (Å²) in [7, 11) is 3.09. The first-order chi connectivity index (χ1) is 8.83. The number of hydrogen-bond acceptors (Lipinski definition) is 4. The Labute approximate surface area is 153 Å². The van der Waals surface area contributed by atoms with Crippen molar-refractivity contribution in [3.8, 4) is 0 Å². The second kappa shape index (κ2) is 28.2. The average Bonchev–Trinajstić information content (AvgIpc) is 2.39. The monoisotopic (exact) mass is 390 g/mol. The minimum Gasteiger partial charge on any atom is -0.719 e. The summed E-state index contributed by atoms with van der Waals surface area (Å²) >= 11 is 9.49. The largest absolute Gasteiger partial charge is 2.00 e. The molecule has 0 bridgehead atoms. The van der Waals surface area contributed by atoms with E-state index < -0.39 is 0 Å². The summed E-state index contributed by atoms with van der Waals surface area (Å²) in [6, 6.07) is 0. The van der Waals surface area contributed by atoms with Gasteiger partial charge in [-0.3, -0.25) is 0 Å². The van der Waals surface area contributed by atoms with Gasteiger partial charge in [-0.05, 0) is 24.3 Å². The van der Waals surface area contributed by atoms with E-state index in [1.165, 1.54) is 75.7 Å². The zero-order valence-electron chi connectivity index (χ0n) is 12.8. The van der Waals surface area contributed by atoms with Gasteiger partial charge < -0.3 is 44.9 Å². The second-order valence-corrected chi connectivity index (χ2v) is 7.17. The molecule has 0 rings (SSSR count). The molecule has 0 amide bonds. The van der Waals surface area contributed by atoms with Crippen molar-refractivity contribution >= 4 is 44.9 Å². The molecule has 0 nitrogen and oxygen atoms in total. The molecule has 0 aliphatic carbocycles. The van der Waals surface area contributed by atoms with Gasteiger partial charge in [0.25, 0.3) is 0 Å². The summed E-state index contributed by atoms with van der Waals surface area (Å²) in [4.78, 5) is 0. The van der Waals surface area contributed by atoms with Crippen molar-refractivity contribution in [3.63, 3.8) is 0 Å². The summed E-state index contributed by atoms with van der Waals surface area (Å²) in [6.45, 7) is 4.48. The smallest absolute Gasteiger partial charge is 0.719 e. The third-order valence-electron chi connectivity index (χ3n) is 2.66. The van der Waals surface area contributed by atoms with Gasteiger partial charge in [0.2, 0.25) is 0 Å². The molecule has 0 heterocycles. The van der Waals surface area contributed by atoms with Crippen molar-refractivity contribution in [2.24, 2.45) is 0 Å². The molecule has 0 N–H and O–H groups in total. The van der Waals surface area contributed by atoms with Crippen LogP contribution in [-0.4, -0.2) is 11.5 Å². The molecule has 0 atom stereocenters. The van der Waals surface area contributed by atoms with E-state index in [0.29, 0.717) is 0 Å². The fourth-order valence-corrected chi connectivity index (χ4v) is 2.88. The topological polar surface area (TPSA) is 0 Å². The van der Waals surface area contributed by atoms with Crippen LogP contribution >= 0.6 is 21.6 Å². The molecule has 0 aromatic carbocycles. The van der Waals surface area contributed by atoms with Crippen LogP contribution < -0.4 is 0 Å². The van der Waals surface area contributed by atoms with Gasteiger partial charge in [-0.2, -0.15) is 0 Å². The zero-order chi connectivity index (χ0) is 13.9. The summed E-state index contributed by atoms with van der Waals surface area (Å²) < 4.78 is 0. The van der Waals surface area contributed by atoms with Crippen LogP contribution in [0.15, 0.2) is 0 Å². The van der Waals surface area contributed by atoms with Crippen LogP contribution in [0, 0.1) is 0 Å². The first-order valence-electron chi connectivity index (χ1n) is 7.32. The van der Waals surface area contributed by atoms with Crippen molar-refractivity contribution in [2.75, 3.05) is 11.5 Å². The number of unbranched alkanes of at least 4 members (excludes halogenated alkanes) is 8. The summed E-state index contributed by atoms with van der Waals surface area (Å²) in [5.74, 6) is 2.33. The van der Waals surface area contributed by atoms with Gasteiger partial charge in [-0.15, -0.1) is 0 Å². The van der Waals surface area contributed by atoms with E-state index in [0.717, 1.165) is 0 Å². The molecule has 19 heavy (non-hydrogen) atoms. The molecule has 0 aliphatic heterocycles. The number of hydrogen-bond donors (Lipinski definition) is 0. The standard InChI is InChI=1S/2C7H16S2.Zn/c2*1-2-3-4-5-6-7-9-8;/h2*8H,2-7H2,1H3;/q;;+2/p-2. The molecular weight excluding hydrogens is 362 g/mol. The minimum absolute atomic E-state index is 0. The molecule has 0 aliphatic rings. The van der Waals surface area contributed by atoms with Crippen molar-refractivity contribution in [3.05, 3.63) is 0 Å². The Kier molecular flexibility index (Phi) is 38.5. The molecule has 0 unspecified atom stereocenters. The van der Waals surface area contributed by atoms with Crippen molar-refractivity contribution < 1.29 is 19.5 Å². The van der Waals surface area contributed by atoms with E-state index in [-0.39, 0.29) is 19.5 Å². The van der Waals surface area contributed by atoms with Gasteiger partial charge in [0.15, 0.2) is 0 Å². The second-order valence-electron chi connectivity index (χ2n) is 4.47. The molecule has 0 saturated carbocycles. The fraction of sp³-hybridized carbons (Fsp3) is 1.00. The van der Waals surface area contributed by atoms with Crippen LogP contribution in [0.3, 0.4) is 0 Å². The van der Waals surface area contributed by atoms with E-state index in [2.05, 4.69) is 13.8 Å². The third kappa shape index (κ3) is 33.1. The Balaban J connectivity index is -0.000000256. The Bertz CT molecular complexity index is 100. The van der Waals surface area contributed by atoms with E-state index in [9.17, 15) is 0 Å². The Morgan fingerprint density at radius 2 is 0.895 bits per heavy atom. The Morgan fingerprint density at radius 1 is 0.579 bits per heavy atom. The van der Waals surface area contributed by atoms with Crippen LogP contribution in [0.2, 0.25) is 0 Å². The summed E-state index contributed by atoms with van der Waals surface area (Å²) in [6.07, 6.45) is 13.6. The summed E-state index contributed by atoms with van der Waals surface area (Å²) in [5, 5.41) is 0. The molecule has 0 saturated heterocycles. The minimum atomic E-state index is 0. The number of rotatable bonds is 12. The Morgan fingerprint density at radius 3 is 1.16 bits per heavy atom. The maximum absolute atomic E-state index is 4.75. The van der Waals surface area contributed by atoms with Gasteiger partial charge in [-0.25, -0.2) is 0 Å². The molecule has 112 valence electrons. The van der Waals surface area contributed by atoms with E-state index in [1.807, 2.05) is 0 Å². The first-order valence-corrected chi connectivity index (χ1v) is 11.1. The van der Waals surface area contributed by atoms with Crippen LogP contribution in [0.25, 0.3) is 0 Å². The van der Waals surface area contributed by atoms with Gasteiger partial charge in [0.05, 0.1) is 0 Å². The predicted molar refractivity (Wildman–Crippen MR) is 97.2 cm³/mol. The molecule has 0 spiro atoms. The van der Waals surface area contributed by atoms with E-state index in [1.54, 1.807) is 21.6 Å². The first kappa shape index (κ1) is 25.9. The normalized spacial score (nSPS) is 9.47. The molecule has 0 aromatic rings. The SMILES string of the molecule is CCCCCCCS[S-].CCCCCCCS[S-].[Zn+2]. The van der Waals surface area contributed by atoms with Gasteiger partial charge in [0.1, 0.15) is 0 Å². The maximum Gasteiger partial charge on any atom is 2.00 e. The molecule has 0 fully saturated rings. The van der Waals surface area contributed by atoms with Crippen molar-refractivity contribution in [2.45, 2.75) is 78.1 Å². The molecule has 0 aromatic heterocycles. The van der Waals surface area contributed by atoms with Gasteiger partial charge in [0, 0.05) is 0 Å². The fourth-order valence-electron chi connectivity index (χ4n) is 1.53. The van der Waals surface area contributed by atoms with Crippen LogP contribution in [0.4, 0.5) is 0 Å². The Hall–Kier alpha value is 2.02. The maximum atomic E-state index is 4.75. The zero-order valence-corrected chi connectivity index (χ0v) is 19.1. The third-order valence-corrected chi connectivity index (χ3v) is 4.57. The van der Waals surface area contributed by atoms with Crippen LogP contribution in [0.5, 0.6) is 0 Å². The van der Waals surface area contributed by atoms with Crippen molar-refractivity contribution in [1.29, 1.82) is 0 Å². The van der Waals surface area contributed by atoms with Crippen LogP contribution in [0.1, 0.15) is 78.1 Å². The van der Waals surface area contributed by atoms with E-state index in [4.69, 9.17) is 23.3 Å². The molecular formula is C14H30S4Zn. The quantitative estimate of drug-likeness (QED) is 0.165. The molecule has 5 heteroatoms. The molecule has 0 radical (unpaired) electrons. The van der Waals surface area contributed by atoms with Crippen LogP contribution in [-0.2, 0) is 42.8 Å². The van der Waals surface area contributed by atoms with Crippen molar-refractivity contribution in [1.82, 2.24) is 0 Å². The average molecular weight is 392 g/mol. The van der Waals surface area contributed by atoms with Gasteiger partial charge >= 0.3 is 19.5 Å². The summed E-state index contributed by atoms with van der Waals surface area (Å²) in [5.41, 5.74) is 0. The van der Waals surface area contributed by atoms with E-state index >= 15 is 0 Å². The van der Waals surface area contributed by atoms with Gasteiger partial charge in [-0.1, -0.05) is 65.2 Å². The predicted octanol–water partition coefficient (Wildman–Crippen LogP) is 6.30.